The molecule has 1 aliphatic heterocycles. The quantitative estimate of drug-likeness (QED) is 0.747. The van der Waals surface area contributed by atoms with Crippen LogP contribution >= 0.6 is 0 Å². The molecule has 1 atom stereocenters. The Kier molecular flexibility index (Phi) is 2.78. The summed E-state index contributed by atoms with van der Waals surface area (Å²) >= 11 is 0. The molecule has 0 aromatic carbocycles. The average molecular weight is 234 g/mol. The third kappa shape index (κ3) is 2.58. The van der Waals surface area contributed by atoms with Gasteiger partial charge in [-0.15, -0.1) is 0 Å². The van der Waals surface area contributed by atoms with Crippen LogP contribution in [0.25, 0.3) is 0 Å². The first-order chi connectivity index (χ1) is 7.30. The molecule has 0 radical (unpaired) electrons. The van der Waals surface area contributed by atoms with E-state index in [1.165, 1.54) is 0 Å². The first-order valence-electron chi connectivity index (χ1n) is 5.54. The van der Waals surface area contributed by atoms with Crippen molar-refractivity contribution in [3.8, 4) is 0 Å². The highest BCUT2D eigenvalue weighted by Crippen LogP contribution is 2.39. The lowest BCUT2D eigenvalue weighted by Crippen LogP contribution is -2.35. The van der Waals surface area contributed by atoms with E-state index in [2.05, 4.69) is 0 Å². The number of carbonyl (C=O) groups excluding carboxylic acids is 1. The molecule has 16 heavy (non-hydrogen) atoms. The topological polar surface area (TPSA) is 35.5 Å². The van der Waals surface area contributed by atoms with Crippen molar-refractivity contribution in [2.75, 3.05) is 6.61 Å². The molecule has 0 amide bonds. The van der Waals surface area contributed by atoms with Crippen LogP contribution in [0.15, 0.2) is 0 Å². The van der Waals surface area contributed by atoms with Crippen LogP contribution in [0.3, 0.4) is 0 Å². The van der Waals surface area contributed by atoms with Gasteiger partial charge in [0.2, 0.25) is 5.78 Å². The van der Waals surface area contributed by atoms with E-state index in [-0.39, 0.29) is 6.61 Å². The maximum atomic E-state index is 13.5. The van der Waals surface area contributed by atoms with Gasteiger partial charge in [-0.2, -0.15) is 8.78 Å². The molecule has 1 heterocycles. The number of hydrogen-bond acceptors (Lipinski definition) is 3. The summed E-state index contributed by atoms with van der Waals surface area (Å²) in [7, 11) is 0. The van der Waals surface area contributed by atoms with Gasteiger partial charge in [0, 0.05) is 12.3 Å². The van der Waals surface area contributed by atoms with Gasteiger partial charge < -0.3 is 9.47 Å². The molecule has 3 nitrogen and oxygen atoms in total. The Bertz CT molecular complexity index is 298. The lowest BCUT2D eigenvalue weighted by molar-refractivity contribution is -0.160. The maximum Gasteiger partial charge on any atom is 0.308 e. The summed E-state index contributed by atoms with van der Waals surface area (Å²) < 4.78 is 37.5. The maximum absolute atomic E-state index is 13.5. The van der Waals surface area contributed by atoms with Crippen LogP contribution in [-0.4, -0.2) is 30.2 Å². The Morgan fingerprint density at radius 1 is 1.44 bits per heavy atom. The molecule has 92 valence electrons. The summed E-state index contributed by atoms with van der Waals surface area (Å²) in [5, 5.41) is 0. The highest BCUT2D eigenvalue weighted by Gasteiger charge is 2.50. The Hall–Kier alpha value is -0.550. The molecule has 0 aromatic heterocycles. The SMILES string of the molecule is CC1(C)OC[C@H](CC(F)(F)C(=O)C2CC2)O1. The third-order valence-electron chi connectivity index (χ3n) is 2.86. The van der Waals surface area contributed by atoms with E-state index in [0.29, 0.717) is 12.8 Å². The summed E-state index contributed by atoms with van der Waals surface area (Å²) in [4.78, 5) is 11.3. The van der Waals surface area contributed by atoms with Crippen LogP contribution in [0.2, 0.25) is 0 Å². The monoisotopic (exact) mass is 234 g/mol. The fraction of sp³-hybridized carbons (Fsp3) is 0.909. The molecular formula is C11H16F2O3. The second-order valence-corrected chi connectivity index (χ2v) is 5.00. The van der Waals surface area contributed by atoms with E-state index in [1.54, 1.807) is 13.8 Å². The first-order valence-corrected chi connectivity index (χ1v) is 5.54. The molecule has 0 N–H and O–H groups in total. The van der Waals surface area contributed by atoms with Gasteiger partial charge in [0.15, 0.2) is 5.79 Å². The standard InChI is InChI=1S/C11H16F2O3/c1-10(2)15-6-8(16-10)5-11(12,13)9(14)7-3-4-7/h7-8H,3-6H2,1-2H3/t8-/m0/s1. The zero-order chi connectivity index (χ0) is 12.0. The molecule has 2 rings (SSSR count). The fourth-order valence-electron chi connectivity index (χ4n) is 1.89. The van der Waals surface area contributed by atoms with Crippen molar-refractivity contribution >= 4 is 5.78 Å². The van der Waals surface area contributed by atoms with Gasteiger partial charge in [-0.25, -0.2) is 0 Å². The molecule has 0 spiro atoms. The molecule has 2 fully saturated rings. The van der Waals surface area contributed by atoms with Gasteiger partial charge in [0.1, 0.15) is 0 Å². The molecule has 1 saturated heterocycles. The van der Waals surface area contributed by atoms with Crippen LogP contribution in [0, 0.1) is 5.92 Å². The van der Waals surface area contributed by atoms with Gasteiger partial charge in [0.05, 0.1) is 12.7 Å². The number of Topliss-reactive ketones (excluding diaryl/α,β-unsaturated/α-hetero) is 1. The predicted octanol–water partition coefficient (Wildman–Crippen LogP) is 2.14. The Balaban J connectivity index is 1.91. The van der Waals surface area contributed by atoms with E-state index in [1.807, 2.05) is 0 Å². The molecular weight excluding hydrogens is 218 g/mol. The predicted molar refractivity (Wildman–Crippen MR) is 52.2 cm³/mol. The second kappa shape index (κ2) is 3.74. The Labute approximate surface area is 93.1 Å². The molecule has 1 aliphatic carbocycles. The highest BCUT2D eigenvalue weighted by atomic mass is 19.3. The number of carbonyl (C=O) groups is 1. The number of ether oxygens (including phenoxy) is 2. The summed E-state index contributed by atoms with van der Waals surface area (Å²) in [5.74, 6) is -5.44. The van der Waals surface area contributed by atoms with Gasteiger partial charge in [-0.3, -0.25) is 4.79 Å². The molecule has 1 saturated carbocycles. The van der Waals surface area contributed by atoms with Crippen LogP contribution in [-0.2, 0) is 14.3 Å². The first kappa shape index (κ1) is 11.9. The minimum Gasteiger partial charge on any atom is -0.348 e. The van der Waals surface area contributed by atoms with Crippen molar-refractivity contribution in [3.05, 3.63) is 0 Å². The number of alkyl halides is 2. The lowest BCUT2D eigenvalue weighted by atomic mass is 10.0. The number of halogens is 2. The Morgan fingerprint density at radius 2 is 2.06 bits per heavy atom. The van der Waals surface area contributed by atoms with E-state index < -0.39 is 35.9 Å². The van der Waals surface area contributed by atoms with Gasteiger partial charge in [-0.1, -0.05) is 0 Å². The molecule has 0 unspecified atom stereocenters. The molecule has 2 aliphatic rings. The van der Waals surface area contributed by atoms with Crippen molar-refractivity contribution in [2.45, 2.75) is 50.9 Å². The van der Waals surface area contributed by atoms with Crippen LogP contribution in [0.5, 0.6) is 0 Å². The lowest BCUT2D eigenvalue weighted by Gasteiger charge is -2.20. The normalized spacial score (nSPS) is 29.4. The van der Waals surface area contributed by atoms with E-state index in [4.69, 9.17) is 9.47 Å². The molecule has 0 aromatic rings. The van der Waals surface area contributed by atoms with Gasteiger partial charge in [0.25, 0.3) is 0 Å². The average Bonchev–Trinajstić information content (AvgIpc) is 2.91. The van der Waals surface area contributed by atoms with Crippen molar-refractivity contribution in [1.82, 2.24) is 0 Å². The summed E-state index contributed by atoms with van der Waals surface area (Å²) in [6, 6.07) is 0. The van der Waals surface area contributed by atoms with Crippen molar-refractivity contribution < 1.29 is 23.0 Å². The number of ketones is 1. The molecule has 5 heteroatoms. The largest absolute Gasteiger partial charge is 0.348 e. The van der Waals surface area contributed by atoms with Crippen LogP contribution in [0.4, 0.5) is 8.78 Å². The zero-order valence-electron chi connectivity index (χ0n) is 9.46. The minimum absolute atomic E-state index is 0.126. The number of rotatable bonds is 4. The van der Waals surface area contributed by atoms with E-state index in [0.717, 1.165) is 0 Å². The third-order valence-corrected chi connectivity index (χ3v) is 2.86. The van der Waals surface area contributed by atoms with Gasteiger partial charge >= 0.3 is 5.92 Å². The van der Waals surface area contributed by atoms with Crippen LogP contribution in [0.1, 0.15) is 33.1 Å². The highest BCUT2D eigenvalue weighted by molar-refractivity contribution is 5.89. The van der Waals surface area contributed by atoms with Crippen molar-refractivity contribution in [2.24, 2.45) is 5.92 Å². The van der Waals surface area contributed by atoms with Crippen molar-refractivity contribution in [3.63, 3.8) is 0 Å². The summed E-state index contributed by atoms with van der Waals surface area (Å²) in [6.45, 7) is 3.47. The van der Waals surface area contributed by atoms with E-state index >= 15 is 0 Å². The second-order valence-electron chi connectivity index (χ2n) is 5.00. The fourth-order valence-corrected chi connectivity index (χ4v) is 1.89. The smallest absolute Gasteiger partial charge is 0.308 e. The van der Waals surface area contributed by atoms with Crippen molar-refractivity contribution in [1.29, 1.82) is 0 Å². The summed E-state index contributed by atoms with van der Waals surface area (Å²) in [5.41, 5.74) is 0. The zero-order valence-corrected chi connectivity index (χ0v) is 9.46. The Morgan fingerprint density at radius 3 is 2.50 bits per heavy atom. The minimum atomic E-state index is -3.27. The van der Waals surface area contributed by atoms with E-state index in [9.17, 15) is 13.6 Å². The molecule has 0 bridgehead atoms. The van der Waals surface area contributed by atoms with Gasteiger partial charge in [-0.05, 0) is 26.7 Å². The number of hydrogen-bond donors (Lipinski definition) is 0. The van der Waals surface area contributed by atoms with Crippen LogP contribution < -0.4 is 0 Å². The summed E-state index contributed by atoms with van der Waals surface area (Å²) in [6.07, 6.45) is -0.0527.